The normalized spacial score (nSPS) is 11.4. The first kappa shape index (κ1) is 19.5. The Bertz CT molecular complexity index is 1290. The first-order valence-electron chi connectivity index (χ1n) is 7.66. The number of aromatic nitrogens is 5. The second-order valence-electron chi connectivity index (χ2n) is 5.40. The molecule has 0 aliphatic heterocycles. The molecule has 0 bridgehead atoms. The lowest BCUT2D eigenvalue weighted by Gasteiger charge is -2.07. The predicted octanol–water partition coefficient (Wildman–Crippen LogP) is 4.39. The second-order valence-corrected chi connectivity index (χ2v) is 6.60. The maximum absolute atomic E-state index is 12.7. The van der Waals surface area contributed by atoms with Gasteiger partial charge in [-0.3, -0.25) is 0 Å². The summed E-state index contributed by atoms with van der Waals surface area (Å²) in [5.41, 5.74) is -1.13. The number of alkyl halides is 2. The minimum Gasteiger partial charge on any atom is -0.415 e. The molecule has 13 heteroatoms. The summed E-state index contributed by atoms with van der Waals surface area (Å²) in [4.78, 5) is 24.4. The van der Waals surface area contributed by atoms with E-state index in [0.29, 0.717) is 0 Å². The SMILES string of the molecule is O=c1oc(-c2cc(OC(F)F)nn2-c2ncccc2Cl)nc2c(Cl)cc(Cl)nc12. The average molecular weight is 461 g/mol. The Balaban J connectivity index is 1.98. The van der Waals surface area contributed by atoms with Gasteiger partial charge in [0.2, 0.25) is 11.8 Å². The van der Waals surface area contributed by atoms with Gasteiger partial charge in [-0.05, 0) is 18.2 Å². The Morgan fingerprint density at radius 1 is 1.10 bits per heavy atom. The zero-order valence-electron chi connectivity index (χ0n) is 13.8. The minimum absolute atomic E-state index is 0.00138. The molecule has 0 aliphatic carbocycles. The third-order valence-corrected chi connectivity index (χ3v) is 4.34. The molecule has 0 aromatic carbocycles. The summed E-state index contributed by atoms with van der Waals surface area (Å²) in [6.07, 6.45) is 1.41. The largest absolute Gasteiger partial charge is 0.415 e. The monoisotopic (exact) mass is 459 g/mol. The van der Waals surface area contributed by atoms with E-state index < -0.39 is 18.1 Å². The van der Waals surface area contributed by atoms with Gasteiger partial charge in [0.05, 0.1) is 10.0 Å². The molecule has 4 aromatic rings. The molecule has 4 aromatic heterocycles. The Labute approximate surface area is 174 Å². The summed E-state index contributed by atoms with van der Waals surface area (Å²) < 4.78 is 35.9. The molecule has 4 rings (SSSR count). The summed E-state index contributed by atoms with van der Waals surface area (Å²) in [5.74, 6) is -0.702. The highest BCUT2D eigenvalue weighted by Crippen LogP contribution is 2.30. The zero-order valence-corrected chi connectivity index (χ0v) is 16.1. The molecule has 0 amide bonds. The Morgan fingerprint density at radius 3 is 2.62 bits per heavy atom. The summed E-state index contributed by atoms with van der Waals surface area (Å²) in [5, 5.41) is 4.06. The van der Waals surface area contributed by atoms with Crippen LogP contribution in [0, 0.1) is 0 Å². The number of hydrogen-bond acceptors (Lipinski definition) is 7. The molecule has 0 spiro atoms. The lowest BCUT2D eigenvalue weighted by Crippen LogP contribution is -2.09. The summed E-state index contributed by atoms with van der Waals surface area (Å²) in [6, 6.07) is 5.45. The summed E-state index contributed by atoms with van der Waals surface area (Å²) in [7, 11) is 0. The third-order valence-electron chi connectivity index (χ3n) is 3.57. The van der Waals surface area contributed by atoms with Gasteiger partial charge < -0.3 is 9.15 Å². The van der Waals surface area contributed by atoms with Crippen molar-refractivity contribution in [3.63, 3.8) is 0 Å². The number of halogens is 5. The number of nitrogens with zero attached hydrogens (tertiary/aromatic N) is 5. The van der Waals surface area contributed by atoms with Crippen molar-refractivity contribution in [3.8, 4) is 23.3 Å². The fourth-order valence-electron chi connectivity index (χ4n) is 2.45. The molecule has 0 aliphatic rings. The molecule has 29 heavy (non-hydrogen) atoms. The van der Waals surface area contributed by atoms with E-state index in [1.54, 1.807) is 6.07 Å². The van der Waals surface area contributed by atoms with Crippen LogP contribution in [0.25, 0.3) is 28.4 Å². The highest BCUT2D eigenvalue weighted by molar-refractivity contribution is 6.37. The smallest absolute Gasteiger partial charge is 0.388 e. The van der Waals surface area contributed by atoms with Gasteiger partial charge in [0, 0.05) is 12.3 Å². The zero-order chi connectivity index (χ0) is 20.7. The highest BCUT2D eigenvalue weighted by Gasteiger charge is 2.22. The van der Waals surface area contributed by atoms with E-state index in [1.807, 2.05) is 0 Å². The maximum Gasteiger partial charge on any atom is 0.388 e. The number of hydrogen-bond donors (Lipinski definition) is 0. The van der Waals surface area contributed by atoms with Gasteiger partial charge >= 0.3 is 12.2 Å². The first-order chi connectivity index (χ1) is 13.8. The van der Waals surface area contributed by atoms with Gasteiger partial charge in [0.25, 0.3) is 0 Å². The van der Waals surface area contributed by atoms with E-state index >= 15 is 0 Å². The van der Waals surface area contributed by atoms with E-state index in [-0.39, 0.29) is 43.6 Å². The Hall–Kier alpha value is -2.82. The molecule has 0 saturated carbocycles. The Kier molecular flexibility index (Phi) is 5.07. The lowest BCUT2D eigenvalue weighted by atomic mass is 10.3. The van der Waals surface area contributed by atoms with Crippen LogP contribution >= 0.6 is 34.8 Å². The first-order valence-corrected chi connectivity index (χ1v) is 8.80. The molecule has 0 radical (unpaired) electrons. The van der Waals surface area contributed by atoms with Gasteiger partial charge in [0.15, 0.2) is 11.3 Å². The van der Waals surface area contributed by atoms with Gasteiger partial charge in [-0.2, -0.15) is 8.78 Å². The molecule has 0 saturated heterocycles. The van der Waals surface area contributed by atoms with Crippen molar-refractivity contribution in [3.05, 3.63) is 56.1 Å². The molecular weight excluding hydrogens is 455 g/mol. The van der Waals surface area contributed by atoms with Crippen LogP contribution in [-0.4, -0.2) is 31.3 Å². The lowest BCUT2D eigenvalue weighted by molar-refractivity contribution is -0.0530. The Morgan fingerprint density at radius 2 is 1.90 bits per heavy atom. The molecule has 0 fully saturated rings. The number of fused-ring (bicyclic) bond motifs is 1. The van der Waals surface area contributed by atoms with Gasteiger partial charge in [-0.15, -0.1) is 5.10 Å². The van der Waals surface area contributed by atoms with E-state index in [1.165, 1.54) is 18.3 Å². The summed E-state index contributed by atoms with van der Waals surface area (Å²) >= 11 is 18.0. The van der Waals surface area contributed by atoms with Crippen molar-refractivity contribution >= 4 is 45.8 Å². The predicted molar refractivity (Wildman–Crippen MR) is 100 cm³/mol. The van der Waals surface area contributed by atoms with Crippen LogP contribution < -0.4 is 10.4 Å². The fourth-order valence-corrected chi connectivity index (χ4v) is 3.14. The number of pyridine rings is 2. The van der Waals surface area contributed by atoms with E-state index in [4.69, 9.17) is 39.2 Å². The molecular formula is C16H6Cl3F2N5O3. The van der Waals surface area contributed by atoms with Crippen LogP contribution in [0.15, 0.2) is 39.7 Å². The topological polar surface area (TPSA) is 95.9 Å². The fraction of sp³-hybridized carbons (Fsp3) is 0.0625. The third kappa shape index (κ3) is 3.74. The standard InChI is InChI=1S/C16H6Cl3F2N5O3/c17-6-2-1-3-22-13(6)26-8(5-10(25-26)28-16(20)21)14-24-11-7(18)4-9(19)23-12(11)15(27)29-14/h1-5,16H. The molecule has 0 N–H and O–H groups in total. The van der Waals surface area contributed by atoms with E-state index in [0.717, 1.165) is 10.7 Å². The molecule has 0 unspecified atom stereocenters. The molecule has 4 heterocycles. The van der Waals surface area contributed by atoms with Gasteiger partial charge in [-0.1, -0.05) is 34.8 Å². The van der Waals surface area contributed by atoms with Crippen LogP contribution in [0.1, 0.15) is 0 Å². The quantitative estimate of drug-likeness (QED) is 0.417. The minimum atomic E-state index is -3.14. The van der Waals surface area contributed by atoms with Gasteiger partial charge in [-0.25, -0.2) is 24.4 Å². The van der Waals surface area contributed by atoms with Crippen molar-refractivity contribution in [2.45, 2.75) is 6.61 Å². The molecule has 148 valence electrons. The van der Waals surface area contributed by atoms with Crippen molar-refractivity contribution < 1.29 is 17.9 Å². The second kappa shape index (κ2) is 7.54. The van der Waals surface area contributed by atoms with Crippen LogP contribution in [0.5, 0.6) is 5.88 Å². The van der Waals surface area contributed by atoms with Crippen molar-refractivity contribution in [2.24, 2.45) is 0 Å². The van der Waals surface area contributed by atoms with Crippen LogP contribution in [-0.2, 0) is 0 Å². The van der Waals surface area contributed by atoms with E-state index in [2.05, 4.69) is 24.8 Å². The van der Waals surface area contributed by atoms with Gasteiger partial charge in [0.1, 0.15) is 16.4 Å². The number of rotatable bonds is 4. The molecule has 0 atom stereocenters. The average Bonchev–Trinajstić information content (AvgIpc) is 3.05. The number of ether oxygens (including phenoxy) is 1. The van der Waals surface area contributed by atoms with Crippen molar-refractivity contribution in [1.29, 1.82) is 0 Å². The van der Waals surface area contributed by atoms with E-state index in [9.17, 15) is 13.6 Å². The van der Waals surface area contributed by atoms with Crippen molar-refractivity contribution in [1.82, 2.24) is 24.7 Å². The van der Waals surface area contributed by atoms with Crippen LogP contribution in [0.2, 0.25) is 15.2 Å². The van der Waals surface area contributed by atoms with Crippen molar-refractivity contribution in [2.75, 3.05) is 0 Å². The van der Waals surface area contributed by atoms with Crippen LogP contribution in [0.3, 0.4) is 0 Å². The maximum atomic E-state index is 12.7. The van der Waals surface area contributed by atoms with Crippen LogP contribution in [0.4, 0.5) is 8.78 Å². The highest BCUT2D eigenvalue weighted by atomic mass is 35.5. The molecule has 8 nitrogen and oxygen atoms in total. The summed E-state index contributed by atoms with van der Waals surface area (Å²) in [6.45, 7) is -3.14.